The summed E-state index contributed by atoms with van der Waals surface area (Å²) in [5.74, 6) is -1.05. The van der Waals surface area contributed by atoms with E-state index in [0.29, 0.717) is 12.8 Å². The van der Waals surface area contributed by atoms with Crippen molar-refractivity contribution in [2.75, 3.05) is 0 Å². The maximum atomic E-state index is 11.6. The molecular weight excluding hydrogens is 220 g/mol. The second-order valence-electron chi connectivity index (χ2n) is 5.91. The van der Waals surface area contributed by atoms with Crippen molar-refractivity contribution >= 4 is 12.0 Å². The standard InChI is InChI=1S/C12H20N2O3/c1-12(2)6-9(12)14-11(17)13-8-4-3-7(5-8)10(15)16/h7-9H,3-6H2,1-2H3,(H,15,16)(H2,13,14,17). The SMILES string of the molecule is CC1(C)CC1NC(=O)NC1CCC(C(=O)O)C1. The van der Waals surface area contributed by atoms with E-state index in [1.807, 2.05) is 0 Å². The average molecular weight is 240 g/mol. The number of urea groups is 1. The van der Waals surface area contributed by atoms with Crippen LogP contribution in [0.25, 0.3) is 0 Å². The molecule has 0 saturated heterocycles. The van der Waals surface area contributed by atoms with E-state index in [1.54, 1.807) is 0 Å². The highest BCUT2D eigenvalue weighted by atomic mass is 16.4. The molecule has 0 radical (unpaired) electrons. The molecule has 0 aromatic heterocycles. The molecule has 5 nitrogen and oxygen atoms in total. The van der Waals surface area contributed by atoms with Gasteiger partial charge in [0.2, 0.25) is 0 Å². The molecule has 0 heterocycles. The van der Waals surface area contributed by atoms with Crippen LogP contribution in [-0.2, 0) is 4.79 Å². The van der Waals surface area contributed by atoms with E-state index in [4.69, 9.17) is 5.11 Å². The largest absolute Gasteiger partial charge is 0.481 e. The fourth-order valence-corrected chi connectivity index (χ4v) is 2.44. The van der Waals surface area contributed by atoms with Crippen LogP contribution in [0, 0.1) is 11.3 Å². The van der Waals surface area contributed by atoms with Crippen LogP contribution in [0.1, 0.15) is 39.5 Å². The van der Waals surface area contributed by atoms with Crippen molar-refractivity contribution in [2.45, 2.75) is 51.6 Å². The maximum absolute atomic E-state index is 11.6. The number of amides is 2. The molecule has 5 heteroatoms. The molecule has 3 unspecified atom stereocenters. The summed E-state index contributed by atoms with van der Waals surface area (Å²) >= 11 is 0. The van der Waals surface area contributed by atoms with E-state index in [-0.39, 0.29) is 29.4 Å². The molecule has 3 N–H and O–H groups in total. The van der Waals surface area contributed by atoms with Crippen LogP contribution in [0.15, 0.2) is 0 Å². The minimum absolute atomic E-state index is 0.0120. The first-order valence-corrected chi connectivity index (χ1v) is 6.18. The van der Waals surface area contributed by atoms with Gasteiger partial charge in [0.25, 0.3) is 0 Å². The Labute approximate surface area is 101 Å². The molecule has 0 aliphatic heterocycles. The summed E-state index contributed by atoms with van der Waals surface area (Å²) < 4.78 is 0. The van der Waals surface area contributed by atoms with Gasteiger partial charge in [0.05, 0.1) is 5.92 Å². The molecule has 3 atom stereocenters. The van der Waals surface area contributed by atoms with Crippen LogP contribution >= 0.6 is 0 Å². The lowest BCUT2D eigenvalue weighted by atomic mass is 10.1. The van der Waals surface area contributed by atoms with E-state index in [0.717, 1.165) is 12.8 Å². The second-order valence-corrected chi connectivity index (χ2v) is 5.91. The number of carbonyl (C=O) groups excluding carboxylic acids is 1. The summed E-state index contributed by atoms with van der Waals surface area (Å²) in [4.78, 5) is 22.4. The fourth-order valence-electron chi connectivity index (χ4n) is 2.44. The Balaban J connectivity index is 1.71. The van der Waals surface area contributed by atoms with Gasteiger partial charge in [-0.05, 0) is 31.1 Å². The topological polar surface area (TPSA) is 78.4 Å². The first-order chi connectivity index (χ1) is 7.88. The first kappa shape index (κ1) is 12.2. The van der Waals surface area contributed by atoms with Gasteiger partial charge in [-0.3, -0.25) is 4.79 Å². The van der Waals surface area contributed by atoms with Crippen LogP contribution in [0.5, 0.6) is 0 Å². The van der Waals surface area contributed by atoms with Gasteiger partial charge in [-0.2, -0.15) is 0 Å². The fraction of sp³-hybridized carbons (Fsp3) is 0.833. The predicted molar refractivity (Wildman–Crippen MR) is 62.6 cm³/mol. The Morgan fingerprint density at radius 2 is 1.88 bits per heavy atom. The third-order valence-corrected chi connectivity index (χ3v) is 3.94. The van der Waals surface area contributed by atoms with Crippen LogP contribution in [-0.4, -0.2) is 29.2 Å². The molecule has 2 saturated carbocycles. The van der Waals surface area contributed by atoms with Crippen LogP contribution in [0.2, 0.25) is 0 Å². The van der Waals surface area contributed by atoms with E-state index in [2.05, 4.69) is 24.5 Å². The molecule has 17 heavy (non-hydrogen) atoms. The monoisotopic (exact) mass is 240 g/mol. The van der Waals surface area contributed by atoms with Gasteiger partial charge >= 0.3 is 12.0 Å². The molecule has 2 amide bonds. The van der Waals surface area contributed by atoms with Gasteiger partial charge in [0, 0.05) is 12.1 Å². The van der Waals surface area contributed by atoms with E-state index in [1.165, 1.54) is 0 Å². The average Bonchev–Trinajstić information content (AvgIpc) is 2.63. The van der Waals surface area contributed by atoms with Crippen molar-refractivity contribution in [1.29, 1.82) is 0 Å². The Morgan fingerprint density at radius 1 is 1.24 bits per heavy atom. The highest BCUT2D eigenvalue weighted by molar-refractivity contribution is 5.75. The number of nitrogens with one attached hydrogen (secondary N) is 2. The van der Waals surface area contributed by atoms with Crippen molar-refractivity contribution in [1.82, 2.24) is 10.6 Å². The molecule has 2 rings (SSSR count). The summed E-state index contributed by atoms with van der Waals surface area (Å²) in [7, 11) is 0. The third-order valence-electron chi connectivity index (χ3n) is 3.94. The number of carboxylic acid groups (broad SMARTS) is 1. The molecular formula is C12H20N2O3. The van der Waals surface area contributed by atoms with Gasteiger partial charge in [0.15, 0.2) is 0 Å². The molecule has 0 spiro atoms. The normalized spacial score (nSPS) is 34.1. The third kappa shape index (κ3) is 2.90. The highest BCUT2D eigenvalue weighted by Crippen LogP contribution is 2.44. The number of aliphatic carboxylic acids is 1. The zero-order valence-corrected chi connectivity index (χ0v) is 10.3. The van der Waals surface area contributed by atoms with Crippen LogP contribution in [0.3, 0.4) is 0 Å². The predicted octanol–water partition coefficient (Wildman–Crippen LogP) is 1.34. The highest BCUT2D eigenvalue weighted by Gasteiger charge is 2.46. The van der Waals surface area contributed by atoms with Gasteiger partial charge in [-0.1, -0.05) is 13.8 Å². The summed E-state index contributed by atoms with van der Waals surface area (Å²) in [6, 6.07) is 0.119. The Bertz CT molecular complexity index is 341. The van der Waals surface area contributed by atoms with Crippen LogP contribution < -0.4 is 10.6 Å². The minimum atomic E-state index is -0.752. The zero-order valence-electron chi connectivity index (χ0n) is 10.3. The van der Waals surface area contributed by atoms with E-state index in [9.17, 15) is 9.59 Å². The van der Waals surface area contributed by atoms with E-state index >= 15 is 0 Å². The van der Waals surface area contributed by atoms with Crippen molar-refractivity contribution < 1.29 is 14.7 Å². The quantitative estimate of drug-likeness (QED) is 0.696. The number of carboxylic acids is 1. The Morgan fingerprint density at radius 3 is 2.35 bits per heavy atom. The molecule has 2 aliphatic carbocycles. The molecule has 2 aliphatic rings. The van der Waals surface area contributed by atoms with Crippen molar-refractivity contribution in [3.05, 3.63) is 0 Å². The summed E-state index contributed by atoms with van der Waals surface area (Å²) in [6.07, 6.45) is 2.99. The number of carbonyl (C=O) groups is 2. The Kier molecular flexibility index (Phi) is 3.02. The summed E-state index contributed by atoms with van der Waals surface area (Å²) in [5, 5.41) is 14.6. The maximum Gasteiger partial charge on any atom is 0.315 e. The number of hydrogen-bond donors (Lipinski definition) is 3. The van der Waals surface area contributed by atoms with Crippen LogP contribution in [0.4, 0.5) is 4.79 Å². The molecule has 0 bridgehead atoms. The van der Waals surface area contributed by atoms with E-state index < -0.39 is 5.97 Å². The van der Waals surface area contributed by atoms with Gasteiger partial charge in [-0.15, -0.1) is 0 Å². The lowest BCUT2D eigenvalue weighted by Gasteiger charge is -2.14. The molecule has 0 aromatic rings. The molecule has 0 aromatic carbocycles. The van der Waals surface area contributed by atoms with Gasteiger partial charge in [0.1, 0.15) is 0 Å². The first-order valence-electron chi connectivity index (χ1n) is 6.18. The van der Waals surface area contributed by atoms with Crippen molar-refractivity contribution in [2.24, 2.45) is 11.3 Å². The molecule has 96 valence electrons. The van der Waals surface area contributed by atoms with Crippen molar-refractivity contribution in [3.8, 4) is 0 Å². The van der Waals surface area contributed by atoms with Gasteiger partial charge in [-0.25, -0.2) is 4.79 Å². The zero-order chi connectivity index (χ0) is 12.6. The van der Waals surface area contributed by atoms with Gasteiger partial charge < -0.3 is 15.7 Å². The molecule has 2 fully saturated rings. The second kappa shape index (κ2) is 4.20. The summed E-state index contributed by atoms with van der Waals surface area (Å²) in [5.41, 5.74) is 0.219. The smallest absolute Gasteiger partial charge is 0.315 e. The Hall–Kier alpha value is -1.26. The number of hydrogen-bond acceptors (Lipinski definition) is 2. The lowest BCUT2D eigenvalue weighted by molar-refractivity contribution is -0.141. The van der Waals surface area contributed by atoms with Crippen molar-refractivity contribution in [3.63, 3.8) is 0 Å². The minimum Gasteiger partial charge on any atom is -0.481 e. The number of rotatable bonds is 3. The lowest BCUT2D eigenvalue weighted by Crippen LogP contribution is -2.43. The summed E-state index contributed by atoms with van der Waals surface area (Å²) in [6.45, 7) is 4.24.